The summed E-state index contributed by atoms with van der Waals surface area (Å²) in [4.78, 5) is 11.3. The van der Waals surface area contributed by atoms with Crippen molar-refractivity contribution in [3.05, 3.63) is 29.3 Å². The van der Waals surface area contributed by atoms with E-state index in [1.165, 1.54) is 5.56 Å². The number of halogens is 1. The van der Waals surface area contributed by atoms with E-state index in [-0.39, 0.29) is 5.91 Å². The number of rotatable bonds is 6. The first-order valence-corrected chi connectivity index (χ1v) is 8.33. The number of hydrogen-bond donors (Lipinski definition) is 2. The van der Waals surface area contributed by atoms with Crippen LogP contribution in [0, 0.1) is 5.92 Å². The predicted octanol–water partition coefficient (Wildman–Crippen LogP) is 3.00. The van der Waals surface area contributed by atoms with E-state index in [2.05, 4.69) is 34.0 Å². The molecule has 2 atom stereocenters. The van der Waals surface area contributed by atoms with E-state index in [1.54, 1.807) is 6.07 Å². The van der Waals surface area contributed by atoms with Gasteiger partial charge in [0.05, 0.1) is 0 Å². The number of carbonyl (C=O) groups excluding carboxylic acids is 1. The second-order valence-electron chi connectivity index (χ2n) is 5.04. The summed E-state index contributed by atoms with van der Waals surface area (Å²) in [5.74, 6) is 1.57. The maximum atomic E-state index is 11.3. The minimum absolute atomic E-state index is 0.119. The summed E-state index contributed by atoms with van der Waals surface area (Å²) in [5.41, 5.74) is 2.36. The van der Waals surface area contributed by atoms with Crippen LogP contribution in [0.3, 0.4) is 0 Å². The zero-order valence-corrected chi connectivity index (χ0v) is 13.3. The summed E-state index contributed by atoms with van der Waals surface area (Å²) >= 11 is 2.34. The molecule has 1 aliphatic rings. The molecular weight excluding hydrogens is 353 g/mol. The number of carbonyl (C=O) groups is 1. The van der Waals surface area contributed by atoms with E-state index in [0.717, 1.165) is 29.4 Å². The first-order valence-electron chi connectivity index (χ1n) is 6.80. The number of alkyl halides is 1. The summed E-state index contributed by atoms with van der Waals surface area (Å²) < 4.78 is 1.01. The van der Waals surface area contributed by atoms with Gasteiger partial charge in [-0.3, -0.25) is 4.79 Å². The van der Waals surface area contributed by atoms with Crippen molar-refractivity contribution in [1.29, 1.82) is 0 Å². The largest absolute Gasteiger partial charge is 0.508 e. The van der Waals surface area contributed by atoms with Crippen molar-refractivity contribution in [1.82, 2.24) is 5.32 Å². The molecular formula is C15H20INO2. The Morgan fingerprint density at radius 1 is 1.53 bits per heavy atom. The fourth-order valence-electron chi connectivity index (χ4n) is 2.53. The molecule has 0 spiro atoms. The average Bonchev–Trinajstić information content (AvgIpc) is 3.18. The van der Waals surface area contributed by atoms with Crippen molar-refractivity contribution in [2.45, 2.75) is 32.1 Å². The Morgan fingerprint density at radius 2 is 2.32 bits per heavy atom. The van der Waals surface area contributed by atoms with Crippen molar-refractivity contribution < 1.29 is 9.90 Å². The van der Waals surface area contributed by atoms with Crippen LogP contribution < -0.4 is 5.32 Å². The van der Waals surface area contributed by atoms with Gasteiger partial charge in [0.25, 0.3) is 0 Å². The van der Waals surface area contributed by atoms with E-state index in [0.29, 0.717) is 24.0 Å². The van der Waals surface area contributed by atoms with E-state index < -0.39 is 0 Å². The Kier molecular flexibility index (Phi) is 5.07. The van der Waals surface area contributed by atoms with Gasteiger partial charge in [-0.2, -0.15) is 0 Å². The second kappa shape index (κ2) is 6.59. The number of benzene rings is 1. The molecule has 1 aromatic rings. The average molecular weight is 373 g/mol. The lowest BCUT2D eigenvalue weighted by molar-refractivity contribution is -0.120. The molecule has 0 saturated heterocycles. The Bertz CT molecular complexity index is 461. The van der Waals surface area contributed by atoms with Gasteiger partial charge in [0.1, 0.15) is 5.75 Å². The zero-order valence-electron chi connectivity index (χ0n) is 11.2. The smallest absolute Gasteiger partial charge is 0.219 e. The molecule has 1 aromatic carbocycles. The van der Waals surface area contributed by atoms with Crippen LogP contribution in [-0.4, -0.2) is 22.0 Å². The van der Waals surface area contributed by atoms with Crippen LogP contribution in [0.1, 0.15) is 36.8 Å². The van der Waals surface area contributed by atoms with Gasteiger partial charge in [-0.05, 0) is 41.9 Å². The Balaban J connectivity index is 2.00. The Hall–Kier alpha value is -0.780. The SMILES string of the molecule is CCC(=O)NC[C@@H]1C[C@H]1c1cccc(O)c1CCI. The van der Waals surface area contributed by atoms with Gasteiger partial charge in [0.15, 0.2) is 0 Å². The highest BCUT2D eigenvalue weighted by Gasteiger charge is 2.39. The highest BCUT2D eigenvalue weighted by atomic mass is 127. The molecule has 2 N–H and O–H groups in total. The maximum Gasteiger partial charge on any atom is 0.219 e. The van der Waals surface area contributed by atoms with Gasteiger partial charge in [-0.15, -0.1) is 0 Å². The number of phenolic OH excluding ortho intramolecular Hbond substituents is 1. The van der Waals surface area contributed by atoms with Crippen molar-refractivity contribution in [2.24, 2.45) is 5.92 Å². The third-order valence-electron chi connectivity index (χ3n) is 3.74. The lowest BCUT2D eigenvalue weighted by atomic mass is 9.99. The number of aromatic hydroxyl groups is 1. The molecule has 4 heteroatoms. The quantitative estimate of drug-likeness (QED) is 0.595. The van der Waals surface area contributed by atoms with E-state index in [1.807, 2.05) is 13.0 Å². The Labute approximate surface area is 127 Å². The fourth-order valence-corrected chi connectivity index (χ4v) is 3.07. The van der Waals surface area contributed by atoms with Gasteiger partial charge >= 0.3 is 0 Å². The molecule has 104 valence electrons. The molecule has 1 fully saturated rings. The maximum absolute atomic E-state index is 11.3. The third-order valence-corrected chi connectivity index (χ3v) is 4.28. The standard InChI is InChI=1S/C15H20INO2/c1-2-15(19)17-9-10-8-13(10)11-4-3-5-14(18)12(11)6-7-16/h3-5,10,13,18H,2,6-9H2,1H3,(H,17,19)/t10-,13+/m0/s1. The van der Waals surface area contributed by atoms with Gasteiger partial charge < -0.3 is 10.4 Å². The first kappa shape index (κ1) is 14.6. The summed E-state index contributed by atoms with van der Waals surface area (Å²) in [5, 5.41) is 12.9. The van der Waals surface area contributed by atoms with Crippen LogP contribution in [0.5, 0.6) is 5.75 Å². The molecule has 0 radical (unpaired) electrons. The number of hydrogen-bond acceptors (Lipinski definition) is 2. The first-order chi connectivity index (χ1) is 9.17. The van der Waals surface area contributed by atoms with Gasteiger partial charge in [0.2, 0.25) is 5.91 Å². The molecule has 0 aliphatic heterocycles. The van der Waals surface area contributed by atoms with Crippen molar-refractivity contribution >= 4 is 28.5 Å². The monoisotopic (exact) mass is 373 g/mol. The third kappa shape index (κ3) is 3.61. The van der Waals surface area contributed by atoms with Crippen LogP contribution in [0.15, 0.2) is 18.2 Å². The van der Waals surface area contributed by atoms with E-state index in [4.69, 9.17) is 0 Å². The molecule has 2 rings (SSSR count). The second-order valence-corrected chi connectivity index (χ2v) is 6.12. The van der Waals surface area contributed by atoms with Crippen molar-refractivity contribution in [3.63, 3.8) is 0 Å². The van der Waals surface area contributed by atoms with Crippen LogP contribution in [0.2, 0.25) is 0 Å². The summed E-state index contributed by atoms with van der Waals surface area (Å²) in [6, 6.07) is 5.80. The van der Waals surface area contributed by atoms with Crippen LogP contribution in [0.4, 0.5) is 0 Å². The molecule has 19 heavy (non-hydrogen) atoms. The van der Waals surface area contributed by atoms with Crippen LogP contribution >= 0.6 is 22.6 Å². The van der Waals surface area contributed by atoms with Gasteiger partial charge in [-0.25, -0.2) is 0 Å². The Morgan fingerprint density at radius 3 is 3.00 bits per heavy atom. The highest BCUT2D eigenvalue weighted by Crippen LogP contribution is 2.49. The van der Waals surface area contributed by atoms with E-state index in [9.17, 15) is 9.90 Å². The molecule has 1 aliphatic carbocycles. The van der Waals surface area contributed by atoms with Crippen LogP contribution in [-0.2, 0) is 11.2 Å². The van der Waals surface area contributed by atoms with E-state index >= 15 is 0 Å². The number of phenols is 1. The molecule has 1 saturated carbocycles. The lowest BCUT2D eigenvalue weighted by Crippen LogP contribution is -2.24. The normalized spacial score (nSPS) is 21.2. The minimum atomic E-state index is 0.119. The molecule has 0 aromatic heterocycles. The molecule has 0 bridgehead atoms. The van der Waals surface area contributed by atoms with Crippen molar-refractivity contribution in [2.75, 3.05) is 11.0 Å². The van der Waals surface area contributed by atoms with Crippen LogP contribution in [0.25, 0.3) is 0 Å². The molecule has 1 amide bonds. The highest BCUT2D eigenvalue weighted by molar-refractivity contribution is 14.1. The summed E-state index contributed by atoms with van der Waals surface area (Å²) in [7, 11) is 0. The van der Waals surface area contributed by atoms with Gasteiger partial charge in [0, 0.05) is 17.4 Å². The molecule has 0 heterocycles. The van der Waals surface area contributed by atoms with Gasteiger partial charge in [-0.1, -0.05) is 41.6 Å². The number of amides is 1. The number of nitrogens with one attached hydrogen (secondary N) is 1. The lowest BCUT2D eigenvalue weighted by Gasteiger charge is -2.10. The predicted molar refractivity (Wildman–Crippen MR) is 84.8 cm³/mol. The molecule has 3 nitrogen and oxygen atoms in total. The zero-order chi connectivity index (χ0) is 13.8. The minimum Gasteiger partial charge on any atom is -0.508 e. The summed E-state index contributed by atoms with van der Waals surface area (Å²) in [6.45, 7) is 2.63. The fraction of sp³-hybridized carbons (Fsp3) is 0.533. The summed E-state index contributed by atoms with van der Waals surface area (Å²) in [6.07, 6.45) is 2.57. The topological polar surface area (TPSA) is 49.3 Å². The van der Waals surface area contributed by atoms with Crippen molar-refractivity contribution in [3.8, 4) is 5.75 Å². The molecule has 0 unspecified atom stereocenters.